The van der Waals surface area contributed by atoms with Crippen LogP contribution in [0.25, 0.3) is 6.08 Å². The lowest BCUT2D eigenvalue weighted by atomic mass is 10.0. The van der Waals surface area contributed by atoms with Gasteiger partial charge in [0, 0.05) is 11.6 Å². The highest BCUT2D eigenvalue weighted by molar-refractivity contribution is 6.32. The molecule has 1 aromatic rings. The Morgan fingerprint density at radius 3 is 2.53 bits per heavy atom. The molecule has 0 saturated carbocycles. The van der Waals surface area contributed by atoms with Gasteiger partial charge < -0.3 is 14.9 Å². The molecular formula is C11H6ClF3O4. The molecule has 0 radical (unpaired) electrons. The van der Waals surface area contributed by atoms with Gasteiger partial charge in [-0.1, -0.05) is 11.6 Å². The van der Waals surface area contributed by atoms with Crippen LogP contribution in [0.5, 0.6) is 11.5 Å². The lowest BCUT2D eigenvalue weighted by molar-refractivity contribution is -0.187. The zero-order chi connectivity index (χ0) is 14.4. The number of ether oxygens (including phenoxy) is 1. The molecule has 0 spiro atoms. The molecule has 0 fully saturated rings. The van der Waals surface area contributed by atoms with Gasteiger partial charge in [0.2, 0.25) is 6.10 Å². The summed E-state index contributed by atoms with van der Waals surface area (Å²) in [7, 11) is 0. The first-order valence-electron chi connectivity index (χ1n) is 4.91. The third-order valence-electron chi connectivity index (χ3n) is 2.43. The maximum atomic E-state index is 12.7. The fourth-order valence-corrected chi connectivity index (χ4v) is 1.94. The Labute approximate surface area is 109 Å². The van der Waals surface area contributed by atoms with Crippen molar-refractivity contribution < 1.29 is 32.9 Å². The van der Waals surface area contributed by atoms with Gasteiger partial charge in [-0.15, -0.1) is 0 Å². The summed E-state index contributed by atoms with van der Waals surface area (Å²) in [4.78, 5) is 10.8. The third-order valence-corrected chi connectivity index (χ3v) is 2.71. The van der Waals surface area contributed by atoms with Crippen LogP contribution < -0.4 is 4.74 Å². The van der Waals surface area contributed by atoms with Crippen LogP contribution in [-0.2, 0) is 4.79 Å². The van der Waals surface area contributed by atoms with Crippen molar-refractivity contribution in [2.24, 2.45) is 0 Å². The molecule has 1 unspecified atom stereocenters. The van der Waals surface area contributed by atoms with Crippen LogP contribution >= 0.6 is 11.6 Å². The number of carboxylic acid groups (broad SMARTS) is 1. The van der Waals surface area contributed by atoms with E-state index in [1.807, 2.05) is 0 Å². The molecule has 8 heteroatoms. The molecule has 0 aromatic heterocycles. The van der Waals surface area contributed by atoms with Crippen molar-refractivity contribution in [2.45, 2.75) is 12.3 Å². The Hall–Kier alpha value is -1.89. The summed E-state index contributed by atoms with van der Waals surface area (Å²) in [6.45, 7) is 0. The van der Waals surface area contributed by atoms with Gasteiger partial charge in [-0.25, -0.2) is 4.79 Å². The number of hydrogen-bond acceptors (Lipinski definition) is 3. The van der Waals surface area contributed by atoms with Gasteiger partial charge in [-0.05, 0) is 12.1 Å². The Morgan fingerprint density at radius 2 is 2.00 bits per heavy atom. The number of benzene rings is 1. The SMILES string of the molecule is O=C(O)C1=Cc2cc(O)cc(Cl)c2OC1C(F)(F)F. The first-order valence-corrected chi connectivity index (χ1v) is 5.28. The molecule has 1 aliphatic heterocycles. The van der Waals surface area contributed by atoms with Gasteiger partial charge in [-0.2, -0.15) is 13.2 Å². The molecule has 2 rings (SSSR count). The Balaban J connectivity index is 2.61. The lowest BCUT2D eigenvalue weighted by Crippen LogP contribution is -2.40. The summed E-state index contributed by atoms with van der Waals surface area (Å²) in [6.07, 6.45) is -6.70. The zero-order valence-corrected chi connectivity index (χ0v) is 9.79. The second-order valence-corrected chi connectivity index (χ2v) is 4.20. The highest BCUT2D eigenvalue weighted by atomic mass is 35.5. The summed E-state index contributed by atoms with van der Waals surface area (Å²) in [5.74, 6) is -2.38. The number of carbonyl (C=O) groups is 1. The Bertz CT molecular complexity index is 580. The number of alkyl halides is 3. The predicted molar refractivity (Wildman–Crippen MR) is 59.2 cm³/mol. The number of rotatable bonds is 1. The quantitative estimate of drug-likeness (QED) is 0.836. The minimum absolute atomic E-state index is 0.0251. The fourth-order valence-electron chi connectivity index (χ4n) is 1.67. The van der Waals surface area contributed by atoms with Crippen molar-refractivity contribution >= 4 is 23.6 Å². The first kappa shape index (κ1) is 13.5. The highest BCUT2D eigenvalue weighted by Gasteiger charge is 2.48. The van der Waals surface area contributed by atoms with E-state index < -0.39 is 23.8 Å². The van der Waals surface area contributed by atoms with E-state index in [-0.39, 0.29) is 22.1 Å². The van der Waals surface area contributed by atoms with Gasteiger partial charge in [0.25, 0.3) is 0 Å². The summed E-state index contributed by atoms with van der Waals surface area (Å²) in [5.41, 5.74) is -0.996. The molecule has 4 nitrogen and oxygen atoms in total. The normalized spacial score (nSPS) is 18.3. The van der Waals surface area contributed by atoms with Crippen molar-refractivity contribution in [1.82, 2.24) is 0 Å². The van der Waals surface area contributed by atoms with E-state index in [1.54, 1.807) is 0 Å². The maximum Gasteiger partial charge on any atom is 0.430 e. The van der Waals surface area contributed by atoms with E-state index in [9.17, 15) is 23.1 Å². The van der Waals surface area contributed by atoms with Crippen LogP contribution in [0.15, 0.2) is 17.7 Å². The van der Waals surface area contributed by atoms with E-state index in [2.05, 4.69) is 4.74 Å². The number of phenols is 1. The maximum absolute atomic E-state index is 12.7. The van der Waals surface area contributed by atoms with Crippen LogP contribution in [0.4, 0.5) is 13.2 Å². The molecule has 2 N–H and O–H groups in total. The van der Waals surface area contributed by atoms with Crippen LogP contribution in [0.1, 0.15) is 5.56 Å². The van der Waals surface area contributed by atoms with Gasteiger partial charge in [0.15, 0.2) is 0 Å². The fraction of sp³-hybridized carbons (Fsp3) is 0.182. The van der Waals surface area contributed by atoms with Crippen molar-refractivity contribution in [3.63, 3.8) is 0 Å². The number of aromatic hydroxyl groups is 1. The molecule has 0 bridgehead atoms. The number of carboxylic acids is 1. The lowest BCUT2D eigenvalue weighted by Gasteiger charge is -2.27. The standard InChI is InChI=1S/C11H6ClF3O4/c12-7-3-5(16)1-4-2-6(10(17)18)9(11(13,14)15)19-8(4)7/h1-3,9,16H,(H,17,18). The number of hydrogen-bond donors (Lipinski definition) is 2. The third kappa shape index (κ3) is 2.46. The summed E-state index contributed by atoms with van der Waals surface area (Å²) in [5, 5.41) is 17.8. The van der Waals surface area contributed by atoms with Gasteiger partial charge >= 0.3 is 12.1 Å². The van der Waals surface area contributed by atoms with Crippen LogP contribution in [-0.4, -0.2) is 28.5 Å². The summed E-state index contributed by atoms with van der Waals surface area (Å²) < 4.78 is 42.8. The molecule has 0 amide bonds. The molecule has 0 aliphatic carbocycles. The Kier molecular flexibility index (Phi) is 3.09. The largest absolute Gasteiger partial charge is 0.508 e. The smallest absolute Gasteiger partial charge is 0.430 e. The van der Waals surface area contributed by atoms with Crippen molar-refractivity contribution in [3.05, 3.63) is 28.3 Å². The molecule has 1 aromatic carbocycles. The minimum Gasteiger partial charge on any atom is -0.508 e. The number of halogens is 4. The predicted octanol–water partition coefficient (Wildman–Crippen LogP) is 2.84. The monoisotopic (exact) mass is 294 g/mol. The van der Waals surface area contributed by atoms with E-state index in [0.717, 1.165) is 18.2 Å². The second-order valence-electron chi connectivity index (χ2n) is 3.79. The molecule has 1 heterocycles. The average molecular weight is 295 g/mol. The van der Waals surface area contributed by atoms with Crippen LogP contribution in [0, 0.1) is 0 Å². The van der Waals surface area contributed by atoms with Gasteiger partial charge in [0.05, 0.1) is 10.6 Å². The number of fused-ring (bicyclic) bond motifs is 1. The van der Waals surface area contributed by atoms with Crippen LogP contribution in [0.2, 0.25) is 5.02 Å². The number of aliphatic carboxylic acids is 1. The second kappa shape index (κ2) is 4.34. The zero-order valence-electron chi connectivity index (χ0n) is 9.03. The molecule has 19 heavy (non-hydrogen) atoms. The van der Waals surface area contributed by atoms with E-state index in [4.69, 9.17) is 16.7 Å². The number of phenolic OH excluding ortho intramolecular Hbond substituents is 1. The Morgan fingerprint density at radius 1 is 1.37 bits per heavy atom. The highest BCUT2D eigenvalue weighted by Crippen LogP contribution is 2.42. The topological polar surface area (TPSA) is 66.8 Å². The molecule has 1 atom stereocenters. The van der Waals surface area contributed by atoms with Gasteiger partial charge in [-0.3, -0.25) is 0 Å². The summed E-state index contributed by atoms with van der Waals surface area (Å²) >= 11 is 5.66. The molecular weight excluding hydrogens is 289 g/mol. The first-order chi connectivity index (χ1) is 8.70. The van der Waals surface area contributed by atoms with E-state index in [1.165, 1.54) is 0 Å². The molecule has 0 saturated heterocycles. The molecule has 102 valence electrons. The van der Waals surface area contributed by atoms with Crippen LogP contribution in [0.3, 0.4) is 0 Å². The van der Waals surface area contributed by atoms with E-state index in [0.29, 0.717) is 0 Å². The van der Waals surface area contributed by atoms with Crippen molar-refractivity contribution in [3.8, 4) is 11.5 Å². The van der Waals surface area contributed by atoms with E-state index >= 15 is 0 Å². The van der Waals surface area contributed by atoms with Gasteiger partial charge in [0.1, 0.15) is 11.5 Å². The average Bonchev–Trinajstić information content (AvgIpc) is 2.25. The van der Waals surface area contributed by atoms with Crippen molar-refractivity contribution in [1.29, 1.82) is 0 Å². The summed E-state index contributed by atoms with van der Waals surface area (Å²) in [6, 6.07) is 2.07. The van der Waals surface area contributed by atoms with Crippen molar-refractivity contribution in [2.75, 3.05) is 0 Å². The molecule has 1 aliphatic rings. The minimum atomic E-state index is -4.89.